The Hall–Kier alpha value is -2.86. The summed E-state index contributed by atoms with van der Waals surface area (Å²) in [6, 6.07) is 18.9. The van der Waals surface area contributed by atoms with Crippen LogP contribution in [0.15, 0.2) is 73.1 Å². The number of benzene rings is 1. The molecule has 1 atom stereocenters. The van der Waals surface area contributed by atoms with Crippen LogP contribution in [0, 0.1) is 0 Å². The summed E-state index contributed by atoms with van der Waals surface area (Å²) in [5, 5.41) is 0. The van der Waals surface area contributed by atoms with E-state index in [2.05, 4.69) is 9.97 Å². The van der Waals surface area contributed by atoms with Crippen molar-refractivity contribution in [3.05, 3.63) is 84.2 Å². The highest BCUT2D eigenvalue weighted by molar-refractivity contribution is 7.99. The lowest BCUT2D eigenvalue weighted by molar-refractivity contribution is 0.0983. The van der Waals surface area contributed by atoms with E-state index in [1.165, 1.54) is 0 Å². The SMILES string of the molecule is O=C(c1ccnc(OC2CCSC2)c1)N(Cc1ccccc1)c1ccccn1. The van der Waals surface area contributed by atoms with Gasteiger partial charge in [-0.05, 0) is 35.9 Å². The van der Waals surface area contributed by atoms with E-state index in [9.17, 15) is 4.79 Å². The monoisotopic (exact) mass is 391 g/mol. The molecular weight excluding hydrogens is 370 g/mol. The van der Waals surface area contributed by atoms with Crippen molar-refractivity contribution in [1.82, 2.24) is 9.97 Å². The fourth-order valence-electron chi connectivity index (χ4n) is 3.08. The van der Waals surface area contributed by atoms with Crippen LogP contribution in [0.2, 0.25) is 0 Å². The summed E-state index contributed by atoms with van der Waals surface area (Å²) in [5.41, 5.74) is 1.58. The summed E-state index contributed by atoms with van der Waals surface area (Å²) in [7, 11) is 0. The van der Waals surface area contributed by atoms with E-state index in [1.54, 1.807) is 29.4 Å². The molecule has 1 unspecified atom stereocenters. The molecule has 142 valence electrons. The van der Waals surface area contributed by atoms with Gasteiger partial charge in [-0.25, -0.2) is 9.97 Å². The smallest absolute Gasteiger partial charge is 0.260 e. The van der Waals surface area contributed by atoms with Crippen molar-refractivity contribution >= 4 is 23.5 Å². The Morgan fingerprint density at radius 3 is 2.68 bits per heavy atom. The van der Waals surface area contributed by atoms with Crippen LogP contribution in [-0.4, -0.2) is 33.5 Å². The summed E-state index contributed by atoms with van der Waals surface area (Å²) < 4.78 is 5.95. The zero-order valence-corrected chi connectivity index (χ0v) is 16.2. The molecule has 6 heteroatoms. The third kappa shape index (κ3) is 4.51. The van der Waals surface area contributed by atoms with Crippen LogP contribution in [0.4, 0.5) is 5.82 Å². The van der Waals surface area contributed by atoms with Gasteiger partial charge >= 0.3 is 0 Å². The van der Waals surface area contributed by atoms with Gasteiger partial charge in [0.25, 0.3) is 5.91 Å². The average Bonchev–Trinajstić information content (AvgIpc) is 3.26. The summed E-state index contributed by atoms with van der Waals surface area (Å²) in [4.78, 5) is 23.7. The van der Waals surface area contributed by atoms with Gasteiger partial charge in [0.1, 0.15) is 11.9 Å². The summed E-state index contributed by atoms with van der Waals surface area (Å²) in [5.74, 6) is 3.05. The maximum absolute atomic E-state index is 13.3. The lowest BCUT2D eigenvalue weighted by Crippen LogP contribution is -2.31. The van der Waals surface area contributed by atoms with E-state index in [-0.39, 0.29) is 12.0 Å². The van der Waals surface area contributed by atoms with Crippen molar-refractivity contribution in [2.24, 2.45) is 0 Å². The molecule has 0 radical (unpaired) electrons. The van der Waals surface area contributed by atoms with Crippen molar-refractivity contribution in [2.75, 3.05) is 16.4 Å². The summed E-state index contributed by atoms with van der Waals surface area (Å²) in [6.07, 6.45) is 4.50. The standard InChI is InChI=1S/C22H21N3O2S/c26-22(18-9-12-24-21(14-18)27-19-10-13-28-16-19)25(20-8-4-5-11-23-20)15-17-6-2-1-3-7-17/h1-9,11-12,14,19H,10,13,15-16H2. The Bertz CT molecular complexity index is 915. The number of hydrogen-bond donors (Lipinski definition) is 0. The molecule has 1 aliphatic rings. The predicted molar refractivity (Wildman–Crippen MR) is 112 cm³/mol. The zero-order chi connectivity index (χ0) is 19.2. The number of carbonyl (C=O) groups excluding carboxylic acids is 1. The molecular formula is C22H21N3O2S. The Morgan fingerprint density at radius 2 is 1.93 bits per heavy atom. The molecule has 1 fully saturated rings. The van der Waals surface area contributed by atoms with E-state index < -0.39 is 0 Å². The molecule has 3 aromatic rings. The maximum Gasteiger partial charge on any atom is 0.260 e. The van der Waals surface area contributed by atoms with E-state index in [0.717, 1.165) is 23.5 Å². The number of rotatable bonds is 6. The quantitative estimate of drug-likeness (QED) is 0.630. The van der Waals surface area contributed by atoms with Crippen molar-refractivity contribution in [2.45, 2.75) is 19.1 Å². The number of hydrogen-bond acceptors (Lipinski definition) is 5. The molecule has 4 rings (SSSR count). The van der Waals surface area contributed by atoms with Gasteiger partial charge in [-0.1, -0.05) is 36.4 Å². The van der Waals surface area contributed by atoms with Gasteiger partial charge in [-0.2, -0.15) is 11.8 Å². The Balaban J connectivity index is 1.59. The maximum atomic E-state index is 13.3. The van der Waals surface area contributed by atoms with E-state index >= 15 is 0 Å². The third-order valence-electron chi connectivity index (χ3n) is 4.51. The molecule has 2 aromatic heterocycles. The van der Waals surface area contributed by atoms with Gasteiger partial charge in [0, 0.05) is 29.8 Å². The highest BCUT2D eigenvalue weighted by Gasteiger charge is 2.22. The second-order valence-corrected chi connectivity index (χ2v) is 7.70. The lowest BCUT2D eigenvalue weighted by Gasteiger charge is -2.22. The zero-order valence-electron chi connectivity index (χ0n) is 15.4. The second-order valence-electron chi connectivity index (χ2n) is 6.55. The first kappa shape index (κ1) is 18.5. The van der Waals surface area contributed by atoms with E-state index in [0.29, 0.717) is 23.8 Å². The molecule has 0 aliphatic carbocycles. The molecule has 0 spiro atoms. The van der Waals surface area contributed by atoms with Crippen molar-refractivity contribution in [1.29, 1.82) is 0 Å². The molecule has 5 nitrogen and oxygen atoms in total. The molecule has 0 N–H and O–H groups in total. The van der Waals surface area contributed by atoms with Crippen LogP contribution in [0.25, 0.3) is 0 Å². The van der Waals surface area contributed by atoms with Gasteiger partial charge in [-0.15, -0.1) is 0 Å². The first-order valence-electron chi connectivity index (χ1n) is 9.27. The highest BCUT2D eigenvalue weighted by Crippen LogP contribution is 2.24. The van der Waals surface area contributed by atoms with Crippen molar-refractivity contribution in [3.8, 4) is 5.88 Å². The lowest BCUT2D eigenvalue weighted by atomic mass is 10.1. The number of aromatic nitrogens is 2. The number of amides is 1. The minimum Gasteiger partial charge on any atom is -0.473 e. The molecule has 28 heavy (non-hydrogen) atoms. The summed E-state index contributed by atoms with van der Waals surface area (Å²) >= 11 is 1.88. The first-order valence-corrected chi connectivity index (χ1v) is 10.4. The van der Waals surface area contributed by atoms with Crippen LogP contribution >= 0.6 is 11.8 Å². The van der Waals surface area contributed by atoms with E-state index in [1.807, 2.05) is 60.3 Å². The van der Waals surface area contributed by atoms with Gasteiger partial charge in [0.2, 0.25) is 5.88 Å². The second kappa shape index (κ2) is 8.89. The fourth-order valence-corrected chi connectivity index (χ4v) is 4.17. The molecule has 1 amide bonds. The van der Waals surface area contributed by atoms with Crippen LogP contribution in [-0.2, 0) is 6.54 Å². The minimum atomic E-state index is -0.129. The minimum absolute atomic E-state index is 0.129. The van der Waals surface area contributed by atoms with Gasteiger partial charge < -0.3 is 4.74 Å². The number of carbonyl (C=O) groups is 1. The first-order chi connectivity index (χ1) is 13.8. The number of nitrogens with zero attached hydrogens (tertiary/aromatic N) is 3. The van der Waals surface area contributed by atoms with Crippen molar-refractivity contribution in [3.63, 3.8) is 0 Å². The Kier molecular flexibility index (Phi) is 5.87. The topological polar surface area (TPSA) is 55.3 Å². The van der Waals surface area contributed by atoms with E-state index in [4.69, 9.17) is 4.74 Å². The Morgan fingerprint density at radius 1 is 1.07 bits per heavy atom. The number of pyridine rings is 2. The molecule has 1 aromatic carbocycles. The van der Waals surface area contributed by atoms with Crippen LogP contribution in [0.1, 0.15) is 22.3 Å². The predicted octanol–water partition coefficient (Wildman–Crippen LogP) is 4.21. The molecule has 1 aliphatic heterocycles. The largest absolute Gasteiger partial charge is 0.473 e. The van der Waals surface area contributed by atoms with Crippen LogP contribution < -0.4 is 9.64 Å². The van der Waals surface area contributed by atoms with Gasteiger partial charge in [0.05, 0.1) is 6.54 Å². The van der Waals surface area contributed by atoms with Crippen molar-refractivity contribution < 1.29 is 9.53 Å². The van der Waals surface area contributed by atoms with Gasteiger partial charge in [-0.3, -0.25) is 9.69 Å². The molecule has 0 saturated carbocycles. The molecule has 0 bridgehead atoms. The summed E-state index contributed by atoms with van der Waals surface area (Å²) in [6.45, 7) is 0.439. The highest BCUT2D eigenvalue weighted by atomic mass is 32.2. The third-order valence-corrected chi connectivity index (χ3v) is 5.64. The van der Waals surface area contributed by atoms with Crippen LogP contribution in [0.5, 0.6) is 5.88 Å². The number of ether oxygens (including phenoxy) is 1. The normalized spacial score (nSPS) is 15.9. The number of thioether (sulfide) groups is 1. The fraction of sp³-hybridized carbons (Fsp3) is 0.227. The Labute approximate surface area is 168 Å². The number of anilines is 1. The molecule has 1 saturated heterocycles. The van der Waals surface area contributed by atoms with Gasteiger partial charge in [0.15, 0.2) is 0 Å². The molecule has 3 heterocycles. The average molecular weight is 391 g/mol. The van der Waals surface area contributed by atoms with Crippen LogP contribution in [0.3, 0.4) is 0 Å².